The first-order valence-corrected chi connectivity index (χ1v) is 8.71. The third kappa shape index (κ3) is 6.37. The fourth-order valence-electron chi connectivity index (χ4n) is 3.19. The van der Waals surface area contributed by atoms with Crippen LogP contribution >= 0.6 is 24.8 Å². The molecule has 3 rings (SSSR count). The van der Waals surface area contributed by atoms with Gasteiger partial charge in [0.05, 0.1) is 32.5 Å². The molecule has 26 heavy (non-hydrogen) atoms. The van der Waals surface area contributed by atoms with E-state index in [1.165, 1.54) is 11.1 Å². The Kier molecular flexibility index (Phi) is 10.5. The van der Waals surface area contributed by atoms with Gasteiger partial charge in [-0.05, 0) is 12.5 Å². The van der Waals surface area contributed by atoms with Crippen LogP contribution in [0, 0.1) is 6.92 Å². The SMILES string of the molecule is Cc1ccc(C(CNC(=O)C2COCCN2)N2CCOCC2)cc1.Cl.Cl. The molecule has 2 fully saturated rings. The van der Waals surface area contributed by atoms with Gasteiger partial charge in [0.25, 0.3) is 0 Å². The van der Waals surface area contributed by atoms with E-state index >= 15 is 0 Å². The van der Waals surface area contributed by atoms with Gasteiger partial charge in [0.15, 0.2) is 0 Å². The molecule has 2 saturated heterocycles. The Hall–Kier alpha value is -0.890. The number of benzene rings is 1. The third-order valence-electron chi connectivity index (χ3n) is 4.66. The van der Waals surface area contributed by atoms with Gasteiger partial charge in [0, 0.05) is 26.2 Å². The monoisotopic (exact) mass is 405 g/mol. The van der Waals surface area contributed by atoms with Crippen molar-refractivity contribution in [2.75, 3.05) is 52.6 Å². The molecule has 8 heteroatoms. The maximum atomic E-state index is 12.4. The Bertz CT molecular complexity index is 533. The van der Waals surface area contributed by atoms with Gasteiger partial charge in [-0.1, -0.05) is 29.8 Å². The zero-order chi connectivity index (χ0) is 16.8. The van der Waals surface area contributed by atoms with Crippen LogP contribution in [-0.2, 0) is 14.3 Å². The van der Waals surface area contributed by atoms with Gasteiger partial charge in [-0.25, -0.2) is 0 Å². The summed E-state index contributed by atoms with van der Waals surface area (Å²) in [5, 5.41) is 6.30. The molecule has 2 aliphatic rings. The summed E-state index contributed by atoms with van der Waals surface area (Å²) in [7, 11) is 0. The molecule has 2 N–H and O–H groups in total. The summed E-state index contributed by atoms with van der Waals surface area (Å²) in [4.78, 5) is 14.8. The highest BCUT2D eigenvalue weighted by Gasteiger charge is 2.26. The van der Waals surface area contributed by atoms with Crippen LogP contribution in [0.25, 0.3) is 0 Å². The number of ether oxygens (including phenoxy) is 2. The quantitative estimate of drug-likeness (QED) is 0.773. The first-order chi connectivity index (χ1) is 11.7. The minimum absolute atomic E-state index is 0. The smallest absolute Gasteiger partial charge is 0.239 e. The highest BCUT2D eigenvalue weighted by molar-refractivity contribution is 5.85. The van der Waals surface area contributed by atoms with Crippen LogP contribution in [0.1, 0.15) is 17.2 Å². The number of amides is 1. The standard InChI is InChI=1S/C18H27N3O3.2ClH/c1-14-2-4-15(5-3-14)17(21-7-10-23-11-8-21)12-20-18(22)16-13-24-9-6-19-16;;/h2-5,16-17,19H,6-13H2,1H3,(H,20,22);2*1H. The van der Waals surface area contributed by atoms with E-state index in [-0.39, 0.29) is 42.8 Å². The lowest BCUT2D eigenvalue weighted by Crippen LogP contribution is -2.53. The van der Waals surface area contributed by atoms with Crippen LogP contribution in [0.5, 0.6) is 0 Å². The highest BCUT2D eigenvalue weighted by atomic mass is 35.5. The Labute approximate surface area is 167 Å². The summed E-state index contributed by atoms with van der Waals surface area (Å²) >= 11 is 0. The normalized spacial score (nSPS) is 21.8. The molecule has 6 nitrogen and oxygen atoms in total. The largest absolute Gasteiger partial charge is 0.379 e. The van der Waals surface area contributed by atoms with E-state index in [1.807, 2.05) is 0 Å². The third-order valence-corrected chi connectivity index (χ3v) is 4.66. The topological polar surface area (TPSA) is 62.8 Å². The summed E-state index contributed by atoms with van der Waals surface area (Å²) in [6.07, 6.45) is 0. The maximum Gasteiger partial charge on any atom is 0.239 e. The number of hydrogen-bond acceptors (Lipinski definition) is 5. The molecule has 1 amide bonds. The number of aryl methyl sites for hydroxylation is 1. The summed E-state index contributed by atoms with van der Waals surface area (Å²) in [5.74, 6) is 0.0140. The van der Waals surface area contributed by atoms with E-state index in [2.05, 4.69) is 46.7 Å². The lowest BCUT2D eigenvalue weighted by Gasteiger charge is -2.35. The molecular weight excluding hydrogens is 377 g/mol. The van der Waals surface area contributed by atoms with Crippen molar-refractivity contribution in [3.63, 3.8) is 0 Å². The molecule has 0 radical (unpaired) electrons. The van der Waals surface area contributed by atoms with Crippen LogP contribution in [-0.4, -0.2) is 69.5 Å². The van der Waals surface area contributed by atoms with Gasteiger partial charge < -0.3 is 20.1 Å². The molecule has 2 atom stereocenters. The molecule has 0 aromatic heterocycles. The fourth-order valence-corrected chi connectivity index (χ4v) is 3.19. The summed E-state index contributed by atoms with van der Waals surface area (Å²) in [6, 6.07) is 8.49. The zero-order valence-electron chi connectivity index (χ0n) is 15.1. The van der Waals surface area contributed by atoms with Crippen LogP contribution in [0.2, 0.25) is 0 Å². The van der Waals surface area contributed by atoms with E-state index in [0.29, 0.717) is 19.8 Å². The number of hydrogen-bond donors (Lipinski definition) is 2. The van der Waals surface area contributed by atoms with Gasteiger partial charge in [0.2, 0.25) is 5.91 Å². The number of rotatable bonds is 5. The molecule has 0 saturated carbocycles. The molecule has 2 aliphatic heterocycles. The van der Waals surface area contributed by atoms with E-state index < -0.39 is 0 Å². The second kappa shape index (κ2) is 11.7. The fraction of sp³-hybridized carbons (Fsp3) is 0.611. The number of carbonyl (C=O) groups is 1. The van der Waals surface area contributed by atoms with E-state index in [1.54, 1.807) is 0 Å². The van der Waals surface area contributed by atoms with Crippen LogP contribution in [0.4, 0.5) is 0 Å². The Morgan fingerprint density at radius 1 is 1.19 bits per heavy atom. The van der Waals surface area contributed by atoms with Crippen molar-refractivity contribution in [3.8, 4) is 0 Å². The first kappa shape index (κ1) is 23.1. The predicted molar refractivity (Wildman–Crippen MR) is 106 cm³/mol. The Balaban J connectivity index is 0.00000169. The van der Waals surface area contributed by atoms with Gasteiger partial charge in [-0.3, -0.25) is 9.69 Å². The van der Waals surface area contributed by atoms with Crippen molar-refractivity contribution in [1.29, 1.82) is 0 Å². The molecule has 0 aliphatic carbocycles. The van der Waals surface area contributed by atoms with Crippen molar-refractivity contribution in [2.24, 2.45) is 0 Å². The predicted octanol–water partition coefficient (Wildman–Crippen LogP) is 1.32. The number of morpholine rings is 2. The number of nitrogens with zero attached hydrogens (tertiary/aromatic N) is 1. The van der Waals surface area contributed by atoms with Crippen molar-refractivity contribution < 1.29 is 14.3 Å². The van der Waals surface area contributed by atoms with Gasteiger partial charge >= 0.3 is 0 Å². The van der Waals surface area contributed by atoms with Crippen molar-refractivity contribution >= 4 is 30.7 Å². The van der Waals surface area contributed by atoms with Crippen molar-refractivity contribution in [2.45, 2.75) is 19.0 Å². The molecule has 1 aromatic carbocycles. The van der Waals surface area contributed by atoms with Gasteiger partial charge in [-0.2, -0.15) is 0 Å². The van der Waals surface area contributed by atoms with Crippen LogP contribution in [0.3, 0.4) is 0 Å². The minimum Gasteiger partial charge on any atom is -0.379 e. The number of nitrogens with one attached hydrogen (secondary N) is 2. The summed E-state index contributed by atoms with van der Waals surface area (Å²) in [6.45, 7) is 7.79. The van der Waals surface area contributed by atoms with Crippen molar-refractivity contribution in [1.82, 2.24) is 15.5 Å². The highest BCUT2D eigenvalue weighted by Crippen LogP contribution is 2.21. The maximum absolute atomic E-state index is 12.4. The molecular formula is C18H29Cl2N3O3. The summed E-state index contributed by atoms with van der Waals surface area (Å²) < 4.78 is 10.8. The van der Waals surface area contributed by atoms with Crippen molar-refractivity contribution in [3.05, 3.63) is 35.4 Å². The van der Waals surface area contributed by atoms with Crippen LogP contribution < -0.4 is 10.6 Å². The average molecular weight is 406 g/mol. The molecule has 1 aromatic rings. The number of halogens is 2. The minimum atomic E-state index is -0.248. The van der Waals surface area contributed by atoms with E-state index in [9.17, 15) is 4.79 Å². The molecule has 0 bridgehead atoms. The average Bonchev–Trinajstić information content (AvgIpc) is 2.65. The summed E-state index contributed by atoms with van der Waals surface area (Å²) in [5.41, 5.74) is 2.47. The number of carbonyl (C=O) groups excluding carboxylic acids is 1. The molecule has 2 unspecified atom stereocenters. The second-order valence-corrected chi connectivity index (χ2v) is 6.40. The van der Waals surface area contributed by atoms with Crippen LogP contribution in [0.15, 0.2) is 24.3 Å². The van der Waals surface area contributed by atoms with Gasteiger partial charge in [0.1, 0.15) is 6.04 Å². The molecule has 2 heterocycles. The lowest BCUT2D eigenvalue weighted by atomic mass is 10.0. The zero-order valence-corrected chi connectivity index (χ0v) is 16.7. The van der Waals surface area contributed by atoms with E-state index in [0.717, 1.165) is 32.8 Å². The van der Waals surface area contributed by atoms with Gasteiger partial charge in [-0.15, -0.1) is 24.8 Å². The molecule has 0 spiro atoms. The lowest BCUT2D eigenvalue weighted by molar-refractivity contribution is -0.126. The van der Waals surface area contributed by atoms with E-state index in [4.69, 9.17) is 9.47 Å². The second-order valence-electron chi connectivity index (χ2n) is 6.40. The Morgan fingerprint density at radius 3 is 2.50 bits per heavy atom. The Morgan fingerprint density at radius 2 is 1.88 bits per heavy atom. The first-order valence-electron chi connectivity index (χ1n) is 8.71. The molecule has 148 valence electrons.